The summed E-state index contributed by atoms with van der Waals surface area (Å²) in [6.45, 7) is 16.2. The lowest BCUT2D eigenvalue weighted by Gasteiger charge is -2.30. The molecular formula is C38H46N6O4S. The number of amides is 2. The second-order valence-electron chi connectivity index (χ2n) is 15.7. The van der Waals surface area contributed by atoms with Crippen LogP contribution in [-0.4, -0.2) is 65.7 Å². The lowest BCUT2D eigenvalue weighted by Crippen LogP contribution is -2.40. The number of hydrogen-bond donors (Lipinski definition) is 2. The zero-order chi connectivity index (χ0) is 34.8. The second-order valence-corrected chi connectivity index (χ2v) is 16.7. The first-order valence-electron chi connectivity index (χ1n) is 17.2. The SMILES string of the molecule is C[C@H]1CC(c2nc3sc(-c4ccc(-c5ccc6nc([C@@H]7CC[C@H](C)N7C(=O)OC(C)(C)C)[nH]c6c5)cc4)cc3[nH]2)N(C(=O)OC(C)(C)C)C1. The summed E-state index contributed by atoms with van der Waals surface area (Å²) in [5.41, 5.74) is 5.01. The van der Waals surface area contributed by atoms with Crippen LogP contribution in [0.3, 0.4) is 0 Å². The summed E-state index contributed by atoms with van der Waals surface area (Å²) in [5, 5.41) is 0. The van der Waals surface area contributed by atoms with Crippen LogP contribution in [0.2, 0.25) is 0 Å². The van der Waals surface area contributed by atoms with Gasteiger partial charge in [-0.15, -0.1) is 11.3 Å². The molecule has 2 amide bonds. The molecule has 1 unspecified atom stereocenters. The van der Waals surface area contributed by atoms with E-state index in [9.17, 15) is 9.59 Å². The van der Waals surface area contributed by atoms with Crippen LogP contribution in [0.15, 0.2) is 48.5 Å². The Morgan fingerprint density at radius 3 is 2.10 bits per heavy atom. The van der Waals surface area contributed by atoms with E-state index in [1.165, 1.54) is 0 Å². The molecule has 2 aliphatic heterocycles. The Morgan fingerprint density at radius 2 is 1.41 bits per heavy atom. The lowest BCUT2D eigenvalue weighted by atomic mass is 10.0. The number of nitrogens with one attached hydrogen (secondary N) is 2. The number of carbonyl (C=O) groups excluding carboxylic acids is 2. The molecule has 0 spiro atoms. The second kappa shape index (κ2) is 12.2. The van der Waals surface area contributed by atoms with Gasteiger partial charge in [-0.2, -0.15) is 0 Å². The number of hydrogen-bond acceptors (Lipinski definition) is 7. The van der Waals surface area contributed by atoms with E-state index < -0.39 is 11.2 Å². The zero-order valence-electron chi connectivity index (χ0n) is 29.6. The van der Waals surface area contributed by atoms with E-state index in [0.717, 1.165) is 73.9 Å². The van der Waals surface area contributed by atoms with Gasteiger partial charge in [0, 0.05) is 17.5 Å². The van der Waals surface area contributed by atoms with E-state index in [0.29, 0.717) is 12.5 Å². The highest BCUT2D eigenvalue weighted by Gasteiger charge is 2.40. The summed E-state index contributed by atoms with van der Waals surface area (Å²) >= 11 is 1.65. The maximum Gasteiger partial charge on any atom is 0.411 e. The van der Waals surface area contributed by atoms with Crippen LogP contribution in [0.4, 0.5) is 9.59 Å². The van der Waals surface area contributed by atoms with Gasteiger partial charge in [0.25, 0.3) is 0 Å². The summed E-state index contributed by atoms with van der Waals surface area (Å²) < 4.78 is 11.4. The monoisotopic (exact) mass is 682 g/mol. The van der Waals surface area contributed by atoms with Crippen molar-refractivity contribution in [3.63, 3.8) is 0 Å². The third-order valence-electron chi connectivity index (χ3n) is 9.24. The fourth-order valence-electron chi connectivity index (χ4n) is 7.03. The minimum atomic E-state index is -0.554. The van der Waals surface area contributed by atoms with E-state index in [1.54, 1.807) is 11.3 Å². The highest BCUT2D eigenvalue weighted by molar-refractivity contribution is 7.21. The van der Waals surface area contributed by atoms with Crippen molar-refractivity contribution < 1.29 is 19.1 Å². The number of ether oxygens (including phenoxy) is 2. The lowest BCUT2D eigenvalue weighted by molar-refractivity contribution is 0.0150. The minimum Gasteiger partial charge on any atom is -0.444 e. The molecule has 0 radical (unpaired) electrons. The molecule has 2 aromatic carbocycles. The maximum atomic E-state index is 13.1. The van der Waals surface area contributed by atoms with Crippen molar-refractivity contribution in [2.24, 2.45) is 5.92 Å². The fourth-order valence-corrected chi connectivity index (χ4v) is 8.03. The molecule has 0 bridgehead atoms. The van der Waals surface area contributed by atoms with E-state index in [4.69, 9.17) is 19.4 Å². The van der Waals surface area contributed by atoms with Gasteiger partial charge in [-0.1, -0.05) is 37.3 Å². The van der Waals surface area contributed by atoms with E-state index in [-0.39, 0.29) is 30.3 Å². The van der Waals surface area contributed by atoms with Gasteiger partial charge in [0.15, 0.2) is 0 Å². The van der Waals surface area contributed by atoms with E-state index in [1.807, 2.05) is 57.4 Å². The molecule has 2 aliphatic rings. The van der Waals surface area contributed by atoms with Gasteiger partial charge in [0.05, 0.1) is 28.6 Å². The molecule has 2 saturated heterocycles. The number of aromatic nitrogens is 4. The first-order valence-corrected chi connectivity index (χ1v) is 18.0. The molecule has 258 valence electrons. The molecule has 5 heterocycles. The van der Waals surface area contributed by atoms with Crippen LogP contribution < -0.4 is 0 Å². The average Bonchev–Trinajstić information content (AvgIpc) is 3.82. The first kappa shape index (κ1) is 33.1. The van der Waals surface area contributed by atoms with Crippen LogP contribution >= 0.6 is 11.3 Å². The van der Waals surface area contributed by atoms with Crippen LogP contribution in [0.5, 0.6) is 0 Å². The number of fused-ring (bicyclic) bond motifs is 2. The standard InChI is InChI=1S/C38H46N6O4S/c1-21-17-30(43(20-21)35(45)47-37(3,4)5)33-41-28-19-31(49-34(28)42-33)24-12-10-23(11-13-24)25-14-15-26-27(18-25)40-32(39-26)29-16-9-22(2)44(29)36(46)48-38(6,7)8/h10-15,18-19,21-22,29-30H,9,16-17,20H2,1-8H3,(H,39,40)(H,41,42)/t21-,22-,29-,30?/m0/s1. The molecule has 10 nitrogen and oxygen atoms in total. The highest BCUT2D eigenvalue weighted by atomic mass is 32.1. The predicted octanol–water partition coefficient (Wildman–Crippen LogP) is 9.61. The molecule has 3 aromatic heterocycles. The van der Waals surface area contributed by atoms with Gasteiger partial charge >= 0.3 is 12.2 Å². The molecule has 11 heteroatoms. The number of H-pyrrole nitrogens is 2. The fraction of sp³-hybridized carbons (Fsp3) is 0.474. The number of thiophene rings is 1. The first-order chi connectivity index (χ1) is 23.1. The largest absolute Gasteiger partial charge is 0.444 e. The smallest absolute Gasteiger partial charge is 0.411 e. The third kappa shape index (κ3) is 6.77. The topological polar surface area (TPSA) is 116 Å². The van der Waals surface area contributed by atoms with Crippen molar-refractivity contribution in [1.82, 2.24) is 29.7 Å². The summed E-state index contributed by atoms with van der Waals surface area (Å²) in [6.07, 6.45) is 2.01. The van der Waals surface area contributed by atoms with Gasteiger partial charge in [0.2, 0.25) is 0 Å². The highest BCUT2D eigenvalue weighted by Crippen LogP contribution is 2.40. The summed E-state index contributed by atoms with van der Waals surface area (Å²) in [5.74, 6) is 1.98. The van der Waals surface area contributed by atoms with Crippen molar-refractivity contribution >= 4 is 44.9 Å². The predicted molar refractivity (Wildman–Crippen MR) is 193 cm³/mol. The number of rotatable bonds is 4. The van der Waals surface area contributed by atoms with Crippen LogP contribution in [0.25, 0.3) is 42.9 Å². The molecule has 2 fully saturated rings. The number of likely N-dealkylation sites (tertiary alicyclic amines) is 2. The Morgan fingerprint density at radius 1 is 0.776 bits per heavy atom. The Kier molecular flexibility index (Phi) is 8.24. The quantitative estimate of drug-likeness (QED) is 0.195. The average molecular weight is 683 g/mol. The molecule has 7 rings (SSSR count). The summed E-state index contributed by atoms with van der Waals surface area (Å²) in [6, 6.07) is 16.8. The number of imidazole rings is 2. The van der Waals surface area contributed by atoms with Gasteiger partial charge in [0.1, 0.15) is 27.7 Å². The van der Waals surface area contributed by atoms with Gasteiger partial charge in [-0.05, 0) is 109 Å². The molecule has 4 atom stereocenters. The summed E-state index contributed by atoms with van der Waals surface area (Å²) in [4.78, 5) is 48.6. The van der Waals surface area contributed by atoms with Crippen molar-refractivity contribution in [2.45, 2.75) is 104 Å². The van der Waals surface area contributed by atoms with Gasteiger partial charge in [-0.25, -0.2) is 19.6 Å². The Balaban J connectivity index is 1.07. The molecular weight excluding hydrogens is 637 g/mol. The van der Waals surface area contributed by atoms with Crippen molar-refractivity contribution in [3.8, 4) is 21.6 Å². The zero-order valence-corrected chi connectivity index (χ0v) is 30.4. The number of aromatic amines is 2. The molecule has 2 N–H and O–H groups in total. The van der Waals surface area contributed by atoms with Crippen molar-refractivity contribution in [2.75, 3.05) is 6.54 Å². The molecule has 49 heavy (non-hydrogen) atoms. The summed E-state index contributed by atoms with van der Waals surface area (Å²) in [7, 11) is 0. The number of nitrogens with zero attached hydrogens (tertiary/aromatic N) is 4. The Bertz CT molecular complexity index is 1980. The Labute approximate surface area is 291 Å². The van der Waals surface area contributed by atoms with Gasteiger partial charge in [-0.3, -0.25) is 9.80 Å². The maximum absolute atomic E-state index is 13.1. The normalized spacial score (nSPS) is 21.6. The van der Waals surface area contributed by atoms with Crippen molar-refractivity contribution in [3.05, 3.63) is 60.2 Å². The van der Waals surface area contributed by atoms with Crippen LogP contribution in [0.1, 0.15) is 98.4 Å². The van der Waals surface area contributed by atoms with Crippen LogP contribution in [0, 0.1) is 5.92 Å². The van der Waals surface area contributed by atoms with Gasteiger partial charge < -0.3 is 19.4 Å². The van der Waals surface area contributed by atoms with E-state index >= 15 is 0 Å². The number of benzene rings is 2. The number of carbonyl (C=O) groups is 2. The molecule has 0 saturated carbocycles. The van der Waals surface area contributed by atoms with E-state index in [2.05, 4.69) is 66.3 Å². The Hall–Kier alpha value is -4.38. The molecule has 0 aliphatic carbocycles. The third-order valence-corrected chi connectivity index (χ3v) is 10.3. The minimum absolute atomic E-state index is 0.0851. The van der Waals surface area contributed by atoms with Crippen LogP contribution in [-0.2, 0) is 9.47 Å². The van der Waals surface area contributed by atoms with Crippen molar-refractivity contribution in [1.29, 1.82) is 0 Å². The molecule has 5 aromatic rings.